The lowest BCUT2D eigenvalue weighted by Gasteiger charge is -2.33. The summed E-state index contributed by atoms with van der Waals surface area (Å²) in [6.45, 7) is 12.7. The molecule has 3 aromatic carbocycles. The topological polar surface area (TPSA) is 64.6 Å². The van der Waals surface area contributed by atoms with Gasteiger partial charge in [-0.05, 0) is 71.8 Å². The lowest BCUT2D eigenvalue weighted by molar-refractivity contribution is -0.140. The Morgan fingerprint density at radius 1 is 1.00 bits per heavy atom. The molecule has 0 spiro atoms. The molecule has 197 valence electrons. The minimum atomic E-state index is -0.943. The van der Waals surface area contributed by atoms with Crippen LogP contribution in [0.4, 0.5) is 5.69 Å². The molecule has 3 rings (SSSR count). The molecular weight excluding hydrogens is 478 g/mol. The van der Waals surface area contributed by atoms with Crippen molar-refractivity contribution in [2.24, 2.45) is 5.41 Å². The van der Waals surface area contributed by atoms with Crippen LogP contribution in [0.1, 0.15) is 69.2 Å². The number of fused-ring (bicyclic) bond motifs is 1. The van der Waals surface area contributed by atoms with E-state index in [9.17, 15) is 9.59 Å². The van der Waals surface area contributed by atoms with Gasteiger partial charge in [0.1, 0.15) is 0 Å². The van der Waals surface area contributed by atoms with Crippen LogP contribution in [0.15, 0.2) is 60.7 Å². The number of aryl methyl sites for hydroxylation is 1. The Kier molecular flexibility index (Phi) is 9.68. The Hall–Kier alpha value is -2.96. The van der Waals surface area contributed by atoms with Gasteiger partial charge in [-0.2, -0.15) is 0 Å². The number of nitrogens with one attached hydrogen (secondary N) is 1. The van der Waals surface area contributed by atoms with Gasteiger partial charge in [0.2, 0.25) is 14.9 Å². The number of rotatable bonds is 10. The van der Waals surface area contributed by atoms with Crippen molar-refractivity contribution < 1.29 is 18.8 Å². The predicted octanol–water partition coefficient (Wildman–Crippen LogP) is 7.43. The molecule has 5 nitrogen and oxygen atoms in total. The fourth-order valence-corrected chi connectivity index (χ4v) is 5.57. The van der Waals surface area contributed by atoms with E-state index in [2.05, 4.69) is 75.6 Å². The zero-order valence-electron chi connectivity index (χ0n) is 23.2. The van der Waals surface area contributed by atoms with Crippen molar-refractivity contribution in [1.82, 2.24) is 0 Å². The molecule has 37 heavy (non-hydrogen) atoms. The second-order valence-electron chi connectivity index (χ2n) is 10.9. The van der Waals surface area contributed by atoms with Gasteiger partial charge in [0.15, 0.2) is 0 Å². The molecule has 0 saturated heterocycles. The first-order valence-corrected chi connectivity index (χ1v) is 15.4. The van der Waals surface area contributed by atoms with E-state index < -0.39 is 9.04 Å². The number of carbonyl (C=O) groups is 2. The number of ether oxygens (including phenoxy) is 1. The van der Waals surface area contributed by atoms with Crippen molar-refractivity contribution >= 4 is 37.4 Å². The van der Waals surface area contributed by atoms with E-state index in [-0.39, 0.29) is 29.3 Å². The van der Waals surface area contributed by atoms with Gasteiger partial charge in [-0.25, -0.2) is 0 Å². The maximum Gasteiger partial charge on any atom is 0.305 e. The lowest BCUT2D eigenvalue weighted by Crippen LogP contribution is -2.26. The van der Waals surface area contributed by atoms with E-state index in [1.54, 1.807) is 0 Å². The molecule has 1 radical (unpaired) electrons. The van der Waals surface area contributed by atoms with Crippen LogP contribution in [-0.4, -0.2) is 28.0 Å². The summed E-state index contributed by atoms with van der Waals surface area (Å²) in [5.74, 6) is -0.631. The summed E-state index contributed by atoms with van der Waals surface area (Å²) in [5.41, 5.74) is 3.71. The largest absolute Gasteiger partial charge is 0.469 e. The number of hydrogen-bond donors (Lipinski definition) is 1. The zero-order valence-corrected chi connectivity index (χ0v) is 24.2. The van der Waals surface area contributed by atoms with Crippen molar-refractivity contribution in [2.45, 2.75) is 72.1 Å². The molecule has 0 aliphatic heterocycles. The van der Waals surface area contributed by atoms with Crippen molar-refractivity contribution in [3.63, 3.8) is 0 Å². The maximum absolute atomic E-state index is 13.6. The van der Waals surface area contributed by atoms with Gasteiger partial charge in [-0.15, -0.1) is 0 Å². The molecular formula is C31H40NO4Si. The third-order valence-corrected chi connectivity index (χ3v) is 7.28. The van der Waals surface area contributed by atoms with Crippen LogP contribution in [0, 0.1) is 5.41 Å². The van der Waals surface area contributed by atoms with Crippen molar-refractivity contribution in [3.8, 4) is 0 Å². The Morgan fingerprint density at radius 2 is 1.70 bits per heavy atom. The summed E-state index contributed by atoms with van der Waals surface area (Å²) in [6, 6.07) is 20.4. The van der Waals surface area contributed by atoms with Crippen molar-refractivity contribution in [2.75, 3.05) is 12.4 Å². The van der Waals surface area contributed by atoms with Gasteiger partial charge in [0.25, 0.3) is 0 Å². The average Bonchev–Trinajstić information content (AvgIpc) is 2.86. The van der Waals surface area contributed by atoms with E-state index in [1.165, 1.54) is 7.11 Å². The maximum atomic E-state index is 13.6. The minimum absolute atomic E-state index is 0.0633. The second kappa shape index (κ2) is 12.5. The number of benzene rings is 3. The summed E-state index contributed by atoms with van der Waals surface area (Å²) >= 11 is 0. The van der Waals surface area contributed by atoms with Crippen LogP contribution < -0.4 is 5.32 Å². The molecule has 0 heterocycles. The Labute approximate surface area is 223 Å². The van der Waals surface area contributed by atoms with Gasteiger partial charge >= 0.3 is 5.97 Å². The quantitative estimate of drug-likeness (QED) is 0.224. The van der Waals surface area contributed by atoms with Crippen LogP contribution in [0.3, 0.4) is 0 Å². The molecule has 0 aliphatic carbocycles. The van der Waals surface area contributed by atoms with Crippen LogP contribution in [0.2, 0.25) is 13.1 Å². The van der Waals surface area contributed by atoms with Crippen molar-refractivity contribution in [1.29, 1.82) is 0 Å². The fraction of sp³-hybridized carbons (Fsp3) is 0.419. The molecule has 3 aromatic rings. The standard InChI is InChI=1S/C31H40NO4Si/c1-21(25-16-10-13-22-12-8-9-15-26(22)25)30(34)32-27-20-24(29(31(2,3)4)36-37(6)7)19-18-23(27)14-11-17-28(33)35-5/h8-10,12-13,15-16,18-21,29H,11,14,17H2,1-7H3,(H,32,34). The highest BCUT2D eigenvalue weighted by molar-refractivity contribution is 6.48. The summed E-state index contributed by atoms with van der Waals surface area (Å²) < 4.78 is 11.2. The molecule has 6 heteroatoms. The highest BCUT2D eigenvalue weighted by Crippen LogP contribution is 2.38. The zero-order chi connectivity index (χ0) is 27.2. The monoisotopic (exact) mass is 518 g/mol. The number of esters is 1. The summed E-state index contributed by atoms with van der Waals surface area (Å²) in [4.78, 5) is 25.3. The summed E-state index contributed by atoms with van der Waals surface area (Å²) in [6.07, 6.45) is 1.55. The fourth-order valence-electron chi connectivity index (χ4n) is 4.61. The predicted molar refractivity (Wildman–Crippen MR) is 153 cm³/mol. The molecule has 0 aromatic heterocycles. The third-order valence-electron chi connectivity index (χ3n) is 6.57. The van der Waals surface area contributed by atoms with Crippen LogP contribution in [0.25, 0.3) is 10.8 Å². The third kappa shape index (κ3) is 7.52. The van der Waals surface area contributed by atoms with E-state index in [1.807, 2.05) is 31.2 Å². The highest BCUT2D eigenvalue weighted by Gasteiger charge is 2.29. The van der Waals surface area contributed by atoms with E-state index >= 15 is 0 Å². The number of hydrogen-bond acceptors (Lipinski definition) is 4. The van der Waals surface area contributed by atoms with Gasteiger partial charge in [0.05, 0.1) is 19.1 Å². The van der Waals surface area contributed by atoms with Gasteiger partial charge in [0, 0.05) is 12.1 Å². The molecule has 2 unspecified atom stereocenters. The Balaban J connectivity index is 1.94. The van der Waals surface area contributed by atoms with Gasteiger partial charge in [-0.1, -0.05) is 75.4 Å². The number of amides is 1. The molecule has 1 N–H and O–H groups in total. The first kappa shape index (κ1) is 28.6. The molecule has 1 amide bonds. The van der Waals surface area contributed by atoms with Crippen molar-refractivity contribution in [3.05, 3.63) is 77.4 Å². The lowest BCUT2D eigenvalue weighted by atomic mass is 9.84. The van der Waals surface area contributed by atoms with Crippen LogP contribution in [0.5, 0.6) is 0 Å². The SMILES string of the molecule is COC(=O)CCCc1ccc(C(O[Si](C)C)C(C)(C)C)cc1NC(=O)C(C)c1cccc2ccccc12. The van der Waals surface area contributed by atoms with Crippen LogP contribution >= 0.6 is 0 Å². The molecule has 0 aliphatic rings. The second-order valence-corrected chi connectivity index (χ2v) is 12.9. The van der Waals surface area contributed by atoms with Gasteiger partial charge in [-0.3, -0.25) is 9.59 Å². The highest BCUT2D eigenvalue weighted by atomic mass is 28.3. The average molecular weight is 519 g/mol. The molecule has 2 atom stereocenters. The normalized spacial score (nSPS) is 13.4. The first-order valence-electron chi connectivity index (χ1n) is 13.0. The molecule has 0 saturated carbocycles. The number of carbonyl (C=O) groups excluding carboxylic acids is 2. The van der Waals surface area contributed by atoms with Gasteiger partial charge < -0.3 is 14.5 Å². The smallest absolute Gasteiger partial charge is 0.305 e. The van der Waals surface area contributed by atoms with Crippen LogP contribution in [-0.2, 0) is 25.2 Å². The van der Waals surface area contributed by atoms with E-state index in [0.29, 0.717) is 19.3 Å². The van der Waals surface area contributed by atoms with E-state index in [0.717, 1.165) is 33.2 Å². The minimum Gasteiger partial charge on any atom is -0.469 e. The molecule has 0 fully saturated rings. The number of methoxy groups -OCH3 is 1. The summed E-state index contributed by atoms with van der Waals surface area (Å²) in [5, 5.41) is 5.43. The first-order chi connectivity index (χ1) is 17.5. The molecule has 0 bridgehead atoms. The number of anilines is 1. The Bertz CT molecular complexity index is 1230. The summed E-state index contributed by atoms with van der Waals surface area (Å²) in [7, 11) is 0.461. The van der Waals surface area contributed by atoms with E-state index in [4.69, 9.17) is 9.16 Å². The Morgan fingerprint density at radius 3 is 2.38 bits per heavy atom.